The van der Waals surface area contributed by atoms with E-state index in [1.807, 2.05) is 0 Å². The van der Waals surface area contributed by atoms with Crippen LogP contribution in [-0.4, -0.2) is 39.2 Å². The first-order valence-corrected chi connectivity index (χ1v) is 4.70. The van der Waals surface area contributed by atoms with Gasteiger partial charge in [-0.05, 0) is 5.92 Å². The highest BCUT2D eigenvalue weighted by molar-refractivity contribution is 5.95. The molecule has 0 N–H and O–H groups in total. The highest BCUT2D eigenvalue weighted by Gasteiger charge is 2.35. The molecule has 0 amide bonds. The standard InChI is InChI=1S/C10H16O6/c1-6(5-7(11)14-2)8(9(12)15-3)10(13)16-4/h6,8H,5H2,1-4H3/t6-/m0/s1. The van der Waals surface area contributed by atoms with E-state index in [2.05, 4.69) is 14.2 Å². The van der Waals surface area contributed by atoms with Crippen molar-refractivity contribution in [1.29, 1.82) is 0 Å². The van der Waals surface area contributed by atoms with Gasteiger partial charge in [0.1, 0.15) is 0 Å². The summed E-state index contributed by atoms with van der Waals surface area (Å²) >= 11 is 0. The summed E-state index contributed by atoms with van der Waals surface area (Å²) in [5.41, 5.74) is 0. The second-order valence-electron chi connectivity index (χ2n) is 3.28. The molecule has 0 aromatic rings. The van der Waals surface area contributed by atoms with Crippen molar-refractivity contribution in [2.75, 3.05) is 21.3 Å². The molecule has 0 aromatic carbocycles. The summed E-state index contributed by atoms with van der Waals surface area (Å²) < 4.78 is 13.4. The number of hydrogen-bond acceptors (Lipinski definition) is 6. The molecule has 0 bridgehead atoms. The summed E-state index contributed by atoms with van der Waals surface area (Å²) in [5.74, 6) is -3.57. The van der Waals surface area contributed by atoms with Crippen LogP contribution < -0.4 is 0 Å². The van der Waals surface area contributed by atoms with Gasteiger partial charge in [0.2, 0.25) is 0 Å². The molecule has 0 radical (unpaired) electrons. The largest absolute Gasteiger partial charge is 0.469 e. The van der Waals surface area contributed by atoms with Gasteiger partial charge in [0.05, 0.1) is 21.3 Å². The first kappa shape index (κ1) is 14.4. The lowest BCUT2D eigenvalue weighted by Crippen LogP contribution is -2.33. The van der Waals surface area contributed by atoms with Crippen molar-refractivity contribution in [1.82, 2.24) is 0 Å². The van der Waals surface area contributed by atoms with Crippen LogP contribution in [0.1, 0.15) is 13.3 Å². The van der Waals surface area contributed by atoms with E-state index in [1.165, 1.54) is 21.3 Å². The van der Waals surface area contributed by atoms with Crippen molar-refractivity contribution in [3.8, 4) is 0 Å². The first-order chi connectivity index (χ1) is 7.47. The molecule has 0 spiro atoms. The van der Waals surface area contributed by atoms with Crippen molar-refractivity contribution < 1.29 is 28.6 Å². The fourth-order valence-electron chi connectivity index (χ4n) is 1.28. The van der Waals surface area contributed by atoms with Crippen molar-refractivity contribution in [2.45, 2.75) is 13.3 Å². The van der Waals surface area contributed by atoms with E-state index < -0.39 is 29.7 Å². The fraction of sp³-hybridized carbons (Fsp3) is 0.700. The number of methoxy groups -OCH3 is 3. The van der Waals surface area contributed by atoms with Gasteiger partial charge < -0.3 is 14.2 Å². The van der Waals surface area contributed by atoms with Gasteiger partial charge in [0.15, 0.2) is 5.92 Å². The lowest BCUT2D eigenvalue weighted by Gasteiger charge is -2.18. The van der Waals surface area contributed by atoms with Crippen LogP contribution in [0.15, 0.2) is 0 Å². The van der Waals surface area contributed by atoms with Crippen molar-refractivity contribution in [3.63, 3.8) is 0 Å². The van der Waals surface area contributed by atoms with Gasteiger partial charge >= 0.3 is 17.9 Å². The van der Waals surface area contributed by atoms with E-state index in [-0.39, 0.29) is 6.42 Å². The van der Waals surface area contributed by atoms with E-state index >= 15 is 0 Å². The lowest BCUT2D eigenvalue weighted by molar-refractivity contribution is -0.162. The number of carbonyl (C=O) groups is 3. The summed E-state index contributed by atoms with van der Waals surface area (Å²) in [4.78, 5) is 33.7. The normalized spacial score (nSPS) is 11.8. The fourth-order valence-corrected chi connectivity index (χ4v) is 1.28. The third-order valence-electron chi connectivity index (χ3n) is 2.20. The molecule has 0 fully saturated rings. The van der Waals surface area contributed by atoms with Crippen LogP contribution in [0.3, 0.4) is 0 Å². The molecule has 0 aromatic heterocycles. The van der Waals surface area contributed by atoms with Crippen LogP contribution in [0.5, 0.6) is 0 Å². The highest BCUT2D eigenvalue weighted by atomic mass is 16.5. The summed E-state index contributed by atoms with van der Waals surface area (Å²) in [6.07, 6.45) is -0.0502. The first-order valence-electron chi connectivity index (χ1n) is 4.70. The zero-order valence-corrected chi connectivity index (χ0v) is 9.81. The van der Waals surface area contributed by atoms with Gasteiger partial charge in [-0.1, -0.05) is 6.92 Å². The number of hydrogen-bond donors (Lipinski definition) is 0. The van der Waals surface area contributed by atoms with Crippen LogP contribution in [-0.2, 0) is 28.6 Å². The topological polar surface area (TPSA) is 78.9 Å². The maximum absolute atomic E-state index is 11.3. The molecule has 0 aliphatic rings. The summed E-state index contributed by atoms with van der Waals surface area (Å²) in [6.45, 7) is 1.58. The van der Waals surface area contributed by atoms with Crippen molar-refractivity contribution in [3.05, 3.63) is 0 Å². The Morgan fingerprint density at radius 2 is 1.38 bits per heavy atom. The predicted octanol–water partition coefficient (Wildman–Crippen LogP) is 0.148. The van der Waals surface area contributed by atoms with Crippen molar-refractivity contribution in [2.24, 2.45) is 11.8 Å². The Bertz CT molecular complexity index is 256. The molecule has 6 heteroatoms. The molecule has 0 rings (SSSR count). The monoisotopic (exact) mass is 232 g/mol. The molecular weight excluding hydrogens is 216 g/mol. The van der Waals surface area contributed by atoms with Gasteiger partial charge in [-0.2, -0.15) is 0 Å². The number of ether oxygens (including phenoxy) is 3. The maximum atomic E-state index is 11.3. The molecule has 0 unspecified atom stereocenters. The molecule has 6 nitrogen and oxygen atoms in total. The van der Waals surface area contributed by atoms with Crippen LogP contribution in [0.4, 0.5) is 0 Å². The molecule has 0 saturated carbocycles. The molecule has 92 valence electrons. The zero-order chi connectivity index (χ0) is 12.7. The van der Waals surface area contributed by atoms with Crippen LogP contribution in [0.2, 0.25) is 0 Å². The lowest BCUT2D eigenvalue weighted by atomic mass is 9.91. The van der Waals surface area contributed by atoms with Gasteiger partial charge in [-0.15, -0.1) is 0 Å². The van der Waals surface area contributed by atoms with Crippen molar-refractivity contribution >= 4 is 17.9 Å². The third-order valence-corrected chi connectivity index (χ3v) is 2.20. The summed E-state index contributed by atoms with van der Waals surface area (Å²) in [6, 6.07) is 0. The Labute approximate surface area is 93.8 Å². The molecular formula is C10H16O6. The molecule has 0 heterocycles. The van der Waals surface area contributed by atoms with Crippen LogP contribution in [0.25, 0.3) is 0 Å². The number of rotatable bonds is 5. The van der Waals surface area contributed by atoms with Crippen LogP contribution in [0, 0.1) is 11.8 Å². The average molecular weight is 232 g/mol. The Balaban J connectivity index is 4.69. The van der Waals surface area contributed by atoms with E-state index in [0.29, 0.717) is 0 Å². The smallest absolute Gasteiger partial charge is 0.320 e. The minimum atomic E-state index is -1.10. The number of esters is 3. The van der Waals surface area contributed by atoms with E-state index in [0.717, 1.165) is 0 Å². The third kappa shape index (κ3) is 3.88. The maximum Gasteiger partial charge on any atom is 0.320 e. The minimum Gasteiger partial charge on any atom is -0.469 e. The summed E-state index contributed by atoms with van der Waals surface area (Å²) in [7, 11) is 3.58. The van der Waals surface area contributed by atoms with E-state index in [9.17, 15) is 14.4 Å². The van der Waals surface area contributed by atoms with Gasteiger partial charge in [0, 0.05) is 6.42 Å². The highest BCUT2D eigenvalue weighted by Crippen LogP contribution is 2.19. The molecule has 0 saturated heterocycles. The Morgan fingerprint density at radius 1 is 0.938 bits per heavy atom. The average Bonchev–Trinajstić information content (AvgIpc) is 2.28. The summed E-state index contributed by atoms with van der Waals surface area (Å²) in [5, 5.41) is 0. The molecule has 0 aliphatic carbocycles. The molecule has 0 aliphatic heterocycles. The minimum absolute atomic E-state index is 0.0502. The number of carbonyl (C=O) groups excluding carboxylic acids is 3. The second-order valence-corrected chi connectivity index (χ2v) is 3.28. The Kier molecular flexibility index (Phi) is 6.14. The van der Waals surface area contributed by atoms with Gasteiger partial charge in [0.25, 0.3) is 0 Å². The zero-order valence-electron chi connectivity index (χ0n) is 9.81. The second kappa shape index (κ2) is 6.81. The quantitative estimate of drug-likeness (QED) is 0.381. The predicted molar refractivity (Wildman–Crippen MR) is 53.3 cm³/mol. The molecule has 1 atom stereocenters. The Morgan fingerprint density at radius 3 is 1.69 bits per heavy atom. The van der Waals surface area contributed by atoms with Gasteiger partial charge in [-0.3, -0.25) is 14.4 Å². The SMILES string of the molecule is COC(=O)C[C@H](C)C(C(=O)OC)C(=O)OC. The van der Waals surface area contributed by atoms with Crippen LogP contribution >= 0.6 is 0 Å². The molecule has 16 heavy (non-hydrogen) atoms. The van der Waals surface area contributed by atoms with E-state index in [1.54, 1.807) is 6.92 Å². The van der Waals surface area contributed by atoms with E-state index in [4.69, 9.17) is 0 Å². The van der Waals surface area contributed by atoms with Gasteiger partial charge in [-0.25, -0.2) is 0 Å². The Hall–Kier alpha value is -1.59.